The van der Waals surface area contributed by atoms with E-state index in [9.17, 15) is 14.9 Å². The summed E-state index contributed by atoms with van der Waals surface area (Å²) in [6, 6.07) is 4.40. The molecule has 2 rings (SSSR count). The summed E-state index contributed by atoms with van der Waals surface area (Å²) in [7, 11) is 0. The highest BCUT2D eigenvalue weighted by Gasteiger charge is 2.16. The molecule has 0 saturated carbocycles. The molecule has 1 aromatic heterocycles. The van der Waals surface area contributed by atoms with Gasteiger partial charge < -0.3 is 5.11 Å². The predicted molar refractivity (Wildman–Crippen MR) is 69.2 cm³/mol. The zero-order chi connectivity index (χ0) is 13.3. The Bertz CT molecular complexity index is 625. The molecule has 18 heavy (non-hydrogen) atoms. The number of fused-ring (bicyclic) bond motifs is 1. The molecule has 1 heterocycles. The number of thioether (sulfide) groups is 1. The molecule has 1 N–H and O–H groups in total. The summed E-state index contributed by atoms with van der Waals surface area (Å²) in [5.74, 6) is -0.912. The van der Waals surface area contributed by atoms with Crippen molar-refractivity contribution >= 4 is 45.0 Å². The third-order valence-corrected chi connectivity index (χ3v) is 4.39. The van der Waals surface area contributed by atoms with Crippen molar-refractivity contribution in [3.63, 3.8) is 0 Å². The van der Waals surface area contributed by atoms with E-state index in [-0.39, 0.29) is 5.69 Å². The molecule has 0 aliphatic carbocycles. The van der Waals surface area contributed by atoms with Crippen LogP contribution in [0.25, 0.3) is 10.2 Å². The van der Waals surface area contributed by atoms with E-state index in [0.29, 0.717) is 14.6 Å². The molecule has 0 aliphatic heterocycles. The van der Waals surface area contributed by atoms with Gasteiger partial charge in [-0.25, -0.2) is 4.98 Å². The fourth-order valence-electron chi connectivity index (χ4n) is 1.26. The molecule has 0 unspecified atom stereocenters. The Morgan fingerprint density at radius 2 is 2.33 bits per heavy atom. The number of benzene rings is 1. The largest absolute Gasteiger partial charge is 0.480 e. The van der Waals surface area contributed by atoms with Crippen LogP contribution in [-0.4, -0.2) is 26.2 Å². The zero-order valence-corrected chi connectivity index (χ0v) is 10.8. The van der Waals surface area contributed by atoms with E-state index in [4.69, 9.17) is 5.11 Å². The Balaban J connectivity index is 2.32. The smallest absolute Gasteiger partial charge is 0.316 e. The van der Waals surface area contributed by atoms with E-state index in [0.717, 1.165) is 11.8 Å². The minimum Gasteiger partial charge on any atom is -0.480 e. The maximum absolute atomic E-state index is 10.7. The van der Waals surface area contributed by atoms with Crippen LogP contribution in [0, 0.1) is 10.1 Å². The van der Waals surface area contributed by atoms with Gasteiger partial charge in [0.15, 0.2) is 4.34 Å². The first-order chi connectivity index (χ1) is 8.47. The number of aromatic nitrogens is 1. The number of thiazole rings is 1. The van der Waals surface area contributed by atoms with Gasteiger partial charge in [0.25, 0.3) is 5.69 Å². The third-order valence-electron chi connectivity index (χ3n) is 2.19. The van der Waals surface area contributed by atoms with Crippen LogP contribution in [0.3, 0.4) is 0 Å². The summed E-state index contributed by atoms with van der Waals surface area (Å²) < 4.78 is 1.28. The van der Waals surface area contributed by atoms with Crippen LogP contribution in [0.2, 0.25) is 0 Å². The molecule has 0 fully saturated rings. The van der Waals surface area contributed by atoms with Gasteiger partial charge in [-0.15, -0.1) is 11.3 Å². The van der Waals surface area contributed by atoms with Gasteiger partial charge >= 0.3 is 5.97 Å². The Morgan fingerprint density at radius 1 is 1.61 bits per heavy atom. The Kier molecular flexibility index (Phi) is 3.48. The lowest BCUT2D eigenvalue weighted by Gasteiger charge is -2.00. The summed E-state index contributed by atoms with van der Waals surface area (Å²) >= 11 is 2.39. The van der Waals surface area contributed by atoms with Gasteiger partial charge in [0.05, 0.1) is 15.1 Å². The quantitative estimate of drug-likeness (QED) is 0.527. The number of nitro benzene ring substituents is 1. The number of rotatable bonds is 4. The summed E-state index contributed by atoms with van der Waals surface area (Å²) in [4.78, 5) is 25.1. The molecule has 94 valence electrons. The summed E-state index contributed by atoms with van der Waals surface area (Å²) in [6.07, 6.45) is 0. The molecular formula is C10H8N2O4S2. The highest BCUT2D eigenvalue weighted by atomic mass is 32.2. The van der Waals surface area contributed by atoms with E-state index >= 15 is 0 Å². The number of carbonyl (C=O) groups is 1. The standard InChI is InChI=1S/C10H8N2O4S2/c1-5(9(13)14)17-10-11-7-3-2-6(12(15)16)4-8(7)18-10/h2-5H,1H3,(H,13,14)/t5-/m1/s1. The highest BCUT2D eigenvalue weighted by Crippen LogP contribution is 2.33. The molecule has 8 heteroatoms. The Hall–Kier alpha value is -1.67. The molecule has 0 saturated heterocycles. The minimum atomic E-state index is -0.912. The van der Waals surface area contributed by atoms with Crippen molar-refractivity contribution in [2.24, 2.45) is 0 Å². The first-order valence-corrected chi connectivity index (χ1v) is 6.61. The maximum Gasteiger partial charge on any atom is 0.316 e. The number of non-ortho nitro benzene ring substituents is 1. The summed E-state index contributed by atoms with van der Waals surface area (Å²) in [5.41, 5.74) is 0.652. The van der Waals surface area contributed by atoms with Gasteiger partial charge in [0, 0.05) is 12.1 Å². The number of carboxylic acid groups (broad SMARTS) is 1. The van der Waals surface area contributed by atoms with Crippen molar-refractivity contribution < 1.29 is 14.8 Å². The second kappa shape index (κ2) is 4.91. The van der Waals surface area contributed by atoms with Crippen molar-refractivity contribution in [1.82, 2.24) is 4.98 Å². The topological polar surface area (TPSA) is 93.3 Å². The van der Waals surface area contributed by atoms with E-state index < -0.39 is 16.1 Å². The average molecular weight is 284 g/mol. The molecular weight excluding hydrogens is 276 g/mol. The van der Waals surface area contributed by atoms with Gasteiger partial charge in [0.1, 0.15) is 5.25 Å². The Labute approximate surface area is 110 Å². The van der Waals surface area contributed by atoms with E-state index in [1.165, 1.54) is 23.5 Å². The van der Waals surface area contributed by atoms with Crippen molar-refractivity contribution in [1.29, 1.82) is 0 Å². The number of hydrogen-bond donors (Lipinski definition) is 1. The molecule has 0 bridgehead atoms. The molecule has 2 aromatic rings. The molecule has 0 aliphatic rings. The number of carboxylic acids is 1. The summed E-state index contributed by atoms with van der Waals surface area (Å²) in [5, 5.41) is 18.8. The van der Waals surface area contributed by atoms with Crippen molar-refractivity contribution in [2.75, 3.05) is 0 Å². The third kappa shape index (κ3) is 2.59. The lowest BCUT2D eigenvalue weighted by Crippen LogP contribution is -2.10. The molecule has 0 radical (unpaired) electrons. The number of nitrogens with zero attached hydrogens (tertiary/aromatic N) is 2. The van der Waals surface area contributed by atoms with Crippen LogP contribution < -0.4 is 0 Å². The van der Waals surface area contributed by atoms with Gasteiger partial charge in [0.2, 0.25) is 0 Å². The van der Waals surface area contributed by atoms with Gasteiger partial charge in [-0.2, -0.15) is 0 Å². The SMILES string of the molecule is C[C@@H](Sc1nc2ccc([N+](=O)[O-])cc2s1)C(=O)O. The van der Waals surface area contributed by atoms with Crippen LogP contribution in [-0.2, 0) is 4.79 Å². The highest BCUT2D eigenvalue weighted by molar-refractivity contribution is 8.02. The van der Waals surface area contributed by atoms with Crippen molar-refractivity contribution in [3.05, 3.63) is 28.3 Å². The van der Waals surface area contributed by atoms with Crippen LogP contribution >= 0.6 is 23.1 Å². The van der Waals surface area contributed by atoms with E-state index in [2.05, 4.69) is 4.98 Å². The summed E-state index contributed by atoms with van der Waals surface area (Å²) in [6.45, 7) is 1.57. The van der Waals surface area contributed by atoms with Crippen LogP contribution in [0.15, 0.2) is 22.5 Å². The fourth-order valence-corrected chi connectivity index (χ4v) is 3.44. The zero-order valence-electron chi connectivity index (χ0n) is 9.19. The number of hydrogen-bond acceptors (Lipinski definition) is 6. The van der Waals surface area contributed by atoms with E-state index in [1.54, 1.807) is 13.0 Å². The van der Waals surface area contributed by atoms with Gasteiger partial charge in [-0.1, -0.05) is 11.8 Å². The monoisotopic (exact) mass is 284 g/mol. The predicted octanol–water partition coefficient (Wildman–Crippen LogP) is 2.77. The first kappa shape index (κ1) is 12.8. The lowest BCUT2D eigenvalue weighted by atomic mass is 10.3. The van der Waals surface area contributed by atoms with Crippen LogP contribution in [0.5, 0.6) is 0 Å². The molecule has 0 amide bonds. The number of aliphatic carboxylic acids is 1. The molecule has 1 aromatic carbocycles. The van der Waals surface area contributed by atoms with Crippen molar-refractivity contribution in [3.8, 4) is 0 Å². The molecule has 6 nitrogen and oxygen atoms in total. The Morgan fingerprint density at radius 3 is 2.94 bits per heavy atom. The second-order valence-electron chi connectivity index (χ2n) is 3.49. The molecule has 1 atom stereocenters. The first-order valence-electron chi connectivity index (χ1n) is 4.92. The second-order valence-corrected chi connectivity index (χ2v) is 6.11. The molecule has 0 spiro atoms. The van der Waals surface area contributed by atoms with Gasteiger partial charge in [-0.05, 0) is 13.0 Å². The minimum absolute atomic E-state index is 0.00832. The van der Waals surface area contributed by atoms with Crippen molar-refractivity contribution in [2.45, 2.75) is 16.5 Å². The van der Waals surface area contributed by atoms with Gasteiger partial charge in [-0.3, -0.25) is 14.9 Å². The lowest BCUT2D eigenvalue weighted by molar-refractivity contribution is -0.384. The van der Waals surface area contributed by atoms with Crippen LogP contribution in [0.4, 0.5) is 5.69 Å². The van der Waals surface area contributed by atoms with Crippen LogP contribution in [0.1, 0.15) is 6.92 Å². The normalized spacial score (nSPS) is 12.5. The number of nitro groups is 1. The fraction of sp³-hybridized carbons (Fsp3) is 0.200. The maximum atomic E-state index is 10.7. The average Bonchev–Trinajstić information content (AvgIpc) is 2.69. The van der Waals surface area contributed by atoms with E-state index in [1.807, 2.05) is 0 Å².